The number of hydrogen-bond donors (Lipinski definition) is 1. The molecule has 1 saturated carbocycles. The van der Waals surface area contributed by atoms with E-state index in [1.54, 1.807) is 0 Å². The first-order chi connectivity index (χ1) is 10.8. The predicted molar refractivity (Wildman–Crippen MR) is 93.5 cm³/mol. The summed E-state index contributed by atoms with van der Waals surface area (Å²) in [5, 5.41) is 10.4. The summed E-state index contributed by atoms with van der Waals surface area (Å²) in [6.45, 7) is 14.1. The summed E-state index contributed by atoms with van der Waals surface area (Å²) < 4.78 is 11.9. The first kappa shape index (κ1) is 19.2. The summed E-state index contributed by atoms with van der Waals surface area (Å²) in [6, 6.07) is 0. The summed E-state index contributed by atoms with van der Waals surface area (Å²) >= 11 is 0. The van der Waals surface area contributed by atoms with Crippen LogP contribution in [0.2, 0.25) is 0 Å². The molecule has 2 rings (SSSR count). The third kappa shape index (κ3) is 6.00. The van der Waals surface area contributed by atoms with Crippen molar-refractivity contribution in [3.63, 3.8) is 0 Å². The molecule has 136 valence electrons. The fourth-order valence-electron chi connectivity index (χ4n) is 4.33. The van der Waals surface area contributed by atoms with Crippen LogP contribution in [0.25, 0.3) is 0 Å². The van der Waals surface area contributed by atoms with E-state index in [9.17, 15) is 5.11 Å². The summed E-state index contributed by atoms with van der Waals surface area (Å²) in [6.07, 6.45) is 4.12. The van der Waals surface area contributed by atoms with Crippen LogP contribution in [0.3, 0.4) is 0 Å². The normalized spacial score (nSPS) is 38.0. The van der Waals surface area contributed by atoms with E-state index in [1.165, 1.54) is 12.8 Å². The van der Waals surface area contributed by atoms with Gasteiger partial charge >= 0.3 is 0 Å². The Morgan fingerprint density at radius 2 is 1.78 bits per heavy atom. The van der Waals surface area contributed by atoms with E-state index in [1.807, 2.05) is 0 Å². The van der Waals surface area contributed by atoms with Crippen molar-refractivity contribution in [1.29, 1.82) is 0 Å². The minimum Gasteiger partial charge on any atom is -0.389 e. The van der Waals surface area contributed by atoms with Gasteiger partial charge in [0, 0.05) is 19.6 Å². The molecule has 0 aromatic heterocycles. The molecule has 2 fully saturated rings. The maximum atomic E-state index is 10.4. The standard InChI is InChI=1S/C19H37NO3/c1-13(2)18-7-6-14(3)8-19(18)22-12-17(21)11-20-9-15(4)23-16(5)10-20/h13-19,21H,6-12H2,1-5H3/t14-,15-,16+,17-,18-,19-/m0/s1. The zero-order valence-corrected chi connectivity index (χ0v) is 15.7. The van der Waals surface area contributed by atoms with Crippen molar-refractivity contribution in [3.05, 3.63) is 0 Å². The predicted octanol–water partition coefficient (Wildman–Crippen LogP) is 2.93. The van der Waals surface area contributed by atoms with E-state index >= 15 is 0 Å². The smallest absolute Gasteiger partial charge is 0.0900 e. The average Bonchev–Trinajstić information content (AvgIpc) is 2.43. The number of rotatable bonds is 6. The van der Waals surface area contributed by atoms with Crippen LogP contribution < -0.4 is 0 Å². The van der Waals surface area contributed by atoms with Crippen LogP contribution in [-0.2, 0) is 9.47 Å². The van der Waals surface area contributed by atoms with Gasteiger partial charge in [-0.2, -0.15) is 0 Å². The van der Waals surface area contributed by atoms with Crippen LogP contribution in [0.5, 0.6) is 0 Å². The van der Waals surface area contributed by atoms with E-state index in [4.69, 9.17) is 9.47 Å². The largest absolute Gasteiger partial charge is 0.389 e. The van der Waals surface area contributed by atoms with E-state index in [2.05, 4.69) is 39.5 Å². The van der Waals surface area contributed by atoms with Crippen LogP contribution in [0.4, 0.5) is 0 Å². The fourth-order valence-corrected chi connectivity index (χ4v) is 4.33. The van der Waals surface area contributed by atoms with Gasteiger partial charge in [-0.25, -0.2) is 0 Å². The molecule has 6 atom stereocenters. The molecular weight excluding hydrogens is 290 g/mol. The van der Waals surface area contributed by atoms with Gasteiger partial charge in [0.2, 0.25) is 0 Å². The lowest BCUT2D eigenvalue weighted by Crippen LogP contribution is -2.49. The quantitative estimate of drug-likeness (QED) is 0.814. The van der Waals surface area contributed by atoms with E-state index in [0.717, 1.165) is 25.4 Å². The second kappa shape index (κ2) is 8.80. The number of aliphatic hydroxyl groups excluding tert-OH is 1. The molecule has 0 spiro atoms. The lowest BCUT2D eigenvalue weighted by molar-refractivity contribution is -0.0974. The maximum Gasteiger partial charge on any atom is 0.0900 e. The molecule has 0 aromatic carbocycles. The van der Waals surface area contributed by atoms with Crippen LogP contribution in [-0.4, -0.2) is 60.7 Å². The SMILES string of the molecule is CC(C)[C@@H]1CC[C@H](C)C[C@@H]1OC[C@@H](O)CN1C[C@@H](C)O[C@@H](C)C1. The summed E-state index contributed by atoms with van der Waals surface area (Å²) in [5.74, 6) is 2.04. The molecule has 0 radical (unpaired) electrons. The van der Waals surface area contributed by atoms with Crippen LogP contribution in [0, 0.1) is 17.8 Å². The molecule has 23 heavy (non-hydrogen) atoms. The number of hydrogen-bond acceptors (Lipinski definition) is 4. The number of aliphatic hydroxyl groups is 1. The lowest BCUT2D eigenvalue weighted by atomic mass is 9.75. The molecule has 0 bridgehead atoms. The highest BCUT2D eigenvalue weighted by atomic mass is 16.5. The Hall–Kier alpha value is -0.160. The lowest BCUT2D eigenvalue weighted by Gasteiger charge is -2.38. The van der Waals surface area contributed by atoms with Crippen molar-refractivity contribution in [3.8, 4) is 0 Å². The zero-order valence-electron chi connectivity index (χ0n) is 15.7. The Morgan fingerprint density at radius 1 is 1.13 bits per heavy atom. The molecule has 2 aliphatic rings. The van der Waals surface area contributed by atoms with Crippen molar-refractivity contribution in [2.75, 3.05) is 26.2 Å². The Morgan fingerprint density at radius 3 is 2.39 bits per heavy atom. The summed E-state index contributed by atoms with van der Waals surface area (Å²) in [5.41, 5.74) is 0. The third-order valence-corrected chi connectivity index (χ3v) is 5.43. The van der Waals surface area contributed by atoms with Gasteiger partial charge in [0.15, 0.2) is 0 Å². The molecule has 1 aliphatic carbocycles. The topological polar surface area (TPSA) is 41.9 Å². The van der Waals surface area contributed by atoms with Gasteiger partial charge in [0.05, 0.1) is 31.0 Å². The van der Waals surface area contributed by atoms with Crippen molar-refractivity contribution in [2.24, 2.45) is 17.8 Å². The Kier molecular flexibility index (Phi) is 7.33. The van der Waals surface area contributed by atoms with E-state index < -0.39 is 6.10 Å². The van der Waals surface area contributed by atoms with Gasteiger partial charge < -0.3 is 14.6 Å². The summed E-state index contributed by atoms with van der Waals surface area (Å²) in [4.78, 5) is 2.30. The number of nitrogens with zero attached hydrogens (tertiary/aromatic N) is 1. The molecule has 1 heterocycles. The van der Waals surface area contributed by atoms with Gasteiger partial charge in [-0.05, 0) is 44.4 Å². The minimum atomic E-state index is -0.405. The van der Waals surface area contributed by atoms with Gasteiger partial charge in [-0.3, -0.25) is 4.90 Å². The molecule has 4 nitrogen and oxygen atoms in total. The van der Waals surface area contributed by atoms with Gasteiger partial charge in [-0.15, -0.1) is 0 Å². The van der Waals surface area contributed by atoms with E-state index in [0.29, 0.717) is 31.1 Å². The summed E-state index contributed by atoms with van der Waals surface area (Å²) in [7, 11) is 0. The highest BCUT2D eigenvalue weighted by molar-refractivity contribution is 4.82. The zero-order chi connectivity index (χ0) is 17.0. The molecule has 1 N–H and O–H groups in total. The van der Waals surface area contributed by atoms with Crippen LogP contribution in [0.1, 0.15) is 53.9 Å². The van der Waals surface area contributed by atoms with Crippen molar-refractivity contribution in [1.82, 2.24) is 4.90 Å². The molecule has 0 aromatic rings. The first-order valence-electron chi connectivity index (χ1n) is 9.52. The second-order valence-corrected chi connectivity index (χ2v) is 8.33. The Balaban J connectivity index is 1.77. The average molecular weight is 328 g/mol. The highest BCUT2D eigenvalue weighted by Gasteiger charge is 2.32. The van der Waals surface area contributed by atoms with E-state index in [-0.39, 0.29) is 12.2 Å². The van der Waals surface area contributed by atoms with Gasteiger partial charge in [0.1, 0.15) is 0 Å². The monoisotopic (exact) mass is 327 g/mol. The number of morpholine rings is 1. The van der Waals surface area contributed by atoms with Gasteiger partial charge in [-0.1, -0.05) is 27.2 Å². The van der Waals surface area contributed by atoms with Gasteiger partial charge in [0.25, 0.3) is 0 Å². The van der Waals surface area contributed by atoms with Crippen LogP contribution in [0.15, 0.2) is 0 Å². The van der Waals surface area contributed by atoms with Crippen LogP contribution >= 0.6 is 0 Å². The number of β-amino-alcohol motifs (C(OH)–C–C–N with tert-alkyl or cyclic N) is 1. The maximum absolute atomic E-state index is 10.4. The molecule has 4 heteroatoms. The third-order valence-electron chi connectivity index (χ3n) is 5.43. The molecule has 0 amide bonds. The van der Waals surface area contributed by atoms with Crippen molar-refractivity contribution >= 4 is 0 Å². The highest BCUT2D eigenvalue weighted by Crippen LogP contribution is 2.35. The molecule has 0 unspecified atom stereocenters. The van der Waals surface area contributed by atoms with Crippen molar-refractivity contribution in [2.45, 2.75) is 78.3 Å². The minimum absolute atomic E-state index is 0.247. The Labute approximate surface area is 142 Å². The second-order valence-electron chi connectivity index (χ2n) is 8.33. The number of ether oxygens (including phenoxy) is 2. The Bertz CT molecular complexity index is 340. The molecular formula is C19H37NO3. The molecule has 1 aliphatic heterocycles. The molecule has 1 saturated heterocycles. The first-order valence-corrected chi connectivity index (χ1v) is 9.52. The van der Waals surface area contributed by atoms with Crippen molar-refractivity contribution < 1.29 is 14.6 Å². The fraction of sp³-hybridized carbons (Fsp3) is 1.00.